The van der Waals surface area contributed by atoms with Crippen molar-refractivity contribution in [3.8, 4) is 0 Å². The highest BCUT2D eigenvalue weighted by Gasteiger charge is 2.16. The Hall–Kier alpha value is -0.220. The van der Waals surface area contributed by atoms with Gasteiger partial charge in [-0.2, -0.15) is 0 Å². The van der Waals surface area contributed by atoms with Crippen molar-refractivity contribution in [2.24, 2.45) is 0 Å². The summed E-state index contributed by atoms with van der Waals surface area (Å²) < 4.78 is 13.0. The number of halogens is 3. The Bertz CT molecular complexity index is 350. The number of carbonyl (C=O) groups is 1. The second-order valence-corrected chi connectivity index (χ2v) is 5.06. The third-order valence-corrected chi connectivity index (χ3v) is 3.20. The zero-order chi connectivity index (χ0) is 10.7. The van der Waals surface area contributed by atoms with Crippen LogP contribution in [-0.4, -0.2) is 10.6 Å². The molecule has 14 heavy (non-hydrogen) atoms. The fourth-order valence-corrected chi connectivity index (χ4v) is 1.90. The maximum Gasteiger partial charge on any atom is 0.177 e. The quantitative estimate of drug-likeness (QED) is 0.609. The van der Waals surface area contributed by atoms with Crippen LogP contribution in [-0.2, 0) is 6.67 Å². The monoisotopic (exact) mass is 322 g/mol. The minimum absolute atomic E-state index is 0.0489. The molecule has 0 aliphatic carbocycles. The number of benzene rings is 1. The molecule has 0 heterocycles. The fourth-order valence-electron chi connectivity index (χ4n) is 1.09. The Kier molecular flexibility index (Phi) is 4.26. The minimum Gasteiger partial charge on any atom is -0.293 e. The van der Waals surface area contributed by atoms with Crippen LogP contribution in [0.5, 0.6) is 0 Å². The van der Waals surface area contributed by atoms with Gasteiger partial charge in [-0.3, -0.25) is 4.79 Å². The lowest BCUT2D eigenvalue weighted by Gasteiger charge is -2.07. The van der Waals surface area contributed by atoms with Crippen LogP contribution in [0.2, 0.25) is 0 Å². The van der Waals surface area contributed by atoms with Crippen LogP contribution in [0.3, 0.4) is 0 Å². The van der Waals surface area contributed by atoms with Gasteiger partial charge in [-0.1, -0.05) is 34.1 Å². The van der Waals surface area contributed by atoms with Crippen LogP contribution in [0.4, 0.5) is 4.39 Å². The van der Waals surface area contributed by atoms with E-state index in [1.807, 2.05) is 0 Å². The van der Waals surface area contributed by atoms with E-state index in [0.717, 1.165) is 0 Å². The first kappa shape index (κ1) is 11.9. The maximum absolute atomic E-state index is 12.5. The fraction of sp³-hybridized carbons (Fsp3) is 0.300. The minimum atomic E-state index is -0.571. The summed E-state index contributed by atoms with van der Waals surface area (Å²) in [5.74, 6) is -0.0489. The van der Waals surface area contributed by atoms with Crippen molar-refractivity contribution in [1.29, 1.82) is 0 Å². The van der Waals surface area contributed by atoms with Gasteiger partial charge in [0, 0.05) is 10.0 Å². The predicted octanol–water partition coefficient (Wildman–Crippen LogP) is 3.88. The van der Waals surface area contributed by atoms with Crippen molar-refractivity contribution >= 4 is 37.6 Å². The number of hydrogen-bond acceptors (Lipinski definition) is 1. The van der Waals surface area contributed by atoms with Crippen molar-refractivity contribution in [2.75, 3.05) is 0 Å². The second kappa shape index (κ2) is 5.03. The Morgan fingerprint density at radius 1 is 1.57 bits per heavy atom. The number of Topliss-reactive ketones (excluding diaryl/α,β-unsaturated/α-hetero) is 1. The number of hydrogen-bond donors (Lipinski definition) is 0. The molecule has 1 atom stereocenters. The zero-order valence-corrected chi connectivity index (χ0v) is 10.7. The lowest BCUT2D eigenvalue weighted by Crippen LogP contribution is -2.11. The zero-order valence-electron chi connectivity index (χ0n) is 7.56. The molecule has 0 bridgehead atoms. The summed E-state index contributed by atoms with van der Waals surface area (Å²) in [6.45, 7) is 1.18. The molecule has 0 saturated carbocycles. The molecule has 0 radical (unpaired) electrons. The summed E-state index contributed by atoms with van der Waals surface area (Å²) in [5.41, 5.74) is 1.02. The number of rotatable bonds is 3. The van der Waals surface area contributed by atoms with Crippen molar-refractivity contribution in [3.63, 3.8) is 0 Å². The van der Waals surface area contributed by atoms with E-state index in [-0.39, 0.29) is 10.6 Å². The molecule has 0 amide bonds. The van der Waals surface area contributed by atoms with Gasteiger partial charge >= 0.3 is 0 Å². The topological polar surface area (TPSA) is 17.1 Å². The molecule has 1 aromatic carbocycles. The standard InChI is InChI=1S/C10H9Br2FO/c1-6(11)10(14)8-4-2-3-7(5-13)9(8)12/h2-4,6H,5H2,1H3. The molecule has 1 aromatic rings. The van der Waals surface area contributed by atoms with Crippen molar-refractivity contribution in [3.05, 3.63) is 33.8 Å². The summed E-state index contributed by atoms with van der Waals surface area (Å²) in [6.07, 6.45) is 0. The molecule has 1 rings (SSSR count). The largest absolute Gasteiger partial charge is 0.293 e. The van der Waals surface area contributed by atoms with E-state index in [2.05, 4.69) is 31.9 Å². The molecular formula is C10H9Br2FO. The molecule has 0 aliphatic rings. The normalized spacial score (nSPS) is 12.6. The molecule has 0 fully saturated rings. The van der Waals surface area contributed by atoms with Gasteiger partial charge in [-0.05, 0) is 28.4 Å². The highest BCUT2D eigenvalue weighted by atomic mass is 79.9. The van der Waals surface area contributed by atoms with Crippen LogP contribution in [0.15, 0.2) is 22.7 Å². The van der Waals surface area contributed by atoms with Gasteiger partial charge in [0.25, 0.3) is 0 Å². The first-order chi connectivity index (χ1) is 6.57. The van der Waals surface area contributed by atoms with Gasteiger partial charge in [0.1, 0.15) is 6.67 Å². The molecule has 0 aromatic heterocycles. The Balaban J connectivity index is 3.16. The van der Waals surface area contributed by atoms with Crippen LogP contribution >= 0.6 is 31.9 Å². The SMILES string of the molecule is CC(Br)C(=O)c1cccc(CF)c1Br. The Morgan fingerprint density at radius 2 is 2.21 bits per heavy atom. The van der Waals surface area contributed by atoms with Crippen molar-refractivity contribution < 1.29 is 9.18 Å². The Morgan fingerprint density at radius 3 is 2.71 bits per heavy atom. The average Bonchev–Trinajstić information content (AvgIpc) is 2.17. The van der Waals surface area contributed by atoms with E-state index in [4.69, 9.17) is 0 Å². The smallest absolute Gasteiger partial charge is 0.177 e. The van der Waals surface area contributed by atoms with Crippen LogP contribution in [0, 0.1) is 0 Å². The van der Waals surface area contributed by atoms with Crippen LogP contribution in [0.1, 0.15) is 22.8 Å². The maximum atomic E-state index is 12.5. The van der Waals surface area contributed by atoms with Gasteiger partial charge in [0.15, 0.2) is 5.78 Å². The number of alkyl halides is 2. The summed E-state index contributed by atoms with van der Waals surface area (Å²) in [6, 6.07) is 5.02. The van der Waals surface area contributed by atoms with Gasteiger partial charge in [0.05, 0.1) is 4.83 Å². The van der Waals surface area contributed by atoms with E-state index < -0.39 is 6.67 Å². The molecule has 1 unspecified atom stereocenters. The van der Waals surface area contributed by atoms with Gasteiger partial charge in [-0.25, -0.2) is 4.39 Å². The number of ketones is 1. The van der Waals surface area contributed by atoms with Crippen LogP contribution in [0.25, 0.3) is 0 Å². The van der Waals surface area contributed by atoms with E-state index in [1.165, 1.54) is 0 Å². The van der Waals surface area contributed by atoms with Crippen molar-refractivity contribution in [1.82, 2.24) is 0 Å². The summed E-state index contributed by atoms with van der Waals surface area (Å²) in [7, 11) is 0. The van der Waals surface area contributed by atoms with E-state index in [9.17, 15) is 9.18 Å². The predicted molar refractivity (Wildman–Crippen MR) is 61.7 cm³/mol. The first-order valence-corrected chi connectivity index (χ1v) is 5.80. The van der Waals surface area contributed by atoms with Gasteiger partial charge < -0.3 is 0 Å². The molecule has 0 N–H and O–H groups in total. The van der Waals surface area contributed by atoms with Crippen molar-refractivity contribution in [2.45, 2.75) is 18.4 Å². The first-order valence-electron chi connectivity index (χ1n) is 4.09. The van der Waals surface area contributed by atoms with E-state index in [0.29, 0.717) is 15.6 Å². The highest BCUT2D eigenvalue weighted by Crippen LogP contribution is 2.25. The lowest BCUT2D eigenvalue weighted by molar-refractivity contribution is 0.0995. The van der Waals surface area contributed by atoms with Gasteiger partial charge in [-0.15, -0.1) is 0 Å². The number of carbonyl (C=O) groups excluding carboxylic acids is 1. The van der Waals surface area contributed by atoms with E-state index in [1.54, 1.807) is 25.1 Å². The van der Waals surface area contributed by atoms with Gasteiger partial charge in [0.2, 0.25) is 0 Å². The second-order valence-electron chi connectivity index (χ2n) is 2.89. The summed E-state index contributed by atoms with van der Waals surface area (Å²) in [5, 5.41) is 0. The molecular weight excluding hydrogens is 315 g/mol. The molecule has 76 valence electrons. The average molecular weight is 324 g/mol. The van der Waals surface area contributed by atoms with Crippen LogP contribution < -0.4 is 0 Å². The Labute approximate surface area is 99.0 Å². The summed E-state index contributed by atoms with van der Waals surface area (Å²) >= 11 is 6.42. The lowest BCUT2D eigenvalue weighted by atomic mass is 10.1. The summed E-state index contributed by atoms with van der Waals surface area (Å²) in [4.78, 5) is 11.4. The third kappa shape index (κ3) is 2.42. The highest BCUT2D eigenvalue weighted by molar-refractivity contribution is 9.10. The molecule has 0 aliphatic heterocycles. The third-order valence-electron chi connectivity index (χ3n) is 1.85. The molecule has 4 heteroatoms. The molecule has 0 spiro atoms. The molecule has 1 nitrogen and oxygen atoms in total. The van der Waals surface area contributed by atoms with E-state index >= 15 is 0 Å². The molecule has 0 saturated heterocycles.